The van der Waals surface area contributed by atoms with Crippen molar-refractivity contribution in [1.82, 2.24) is 19.9 Å². The van der Waals surface area contributed by atoms with E-state index in [4.69, 9.17) is 19.8 Å². The van der Waals surface area contributed by atoms with Gasteiger partial charge in [0.15, 0.2) is 0 Å². The van der Waals surface area contributed by atoms with Crippen LogP contribution in [0.3, 0.4) is 0 Å². The fourth-order valence-electron chi connectivity index (χ4n) is 8.04. The van der Waals surface area contributed by atoms with Crippen LogP contribution >= 0.6 is 0 Å². The Morgan fingerprint density at radius 1 is 0.467 bits per heavy atom. The second kappa shape index (κ2) is 16.5. The van der Waals surface area contributed by atoms with Crippen molar-refractivity contribution in [3.63, 3.8) is 0 Å². The van der Waals surface area contributed by atoms with E-state index in [1.54, 1.807) is 0 Å². The van der Waals surface area contributed by atoms with Gasteiger partial charge in [-0.1, -0.05) is 102 Å². The molecular formula is C53H46N4O3. The molecule has 8 bridgehead atoms. The van der Waals surface area contributed by atoms with Gasteiger partial charge in [0.1, 0.15) is 5.75 Å². The number of aliphatic carboxylic acids is 1. The third-order valence-corrected chi connectivity index (χ3v) is 11.2. The van der Waals surface area contributed by atoms with E-state index in [9.17, 15) is 4.79 Å². The zero-order chi connectivity index (χ0) is 41.2. The van der Waals surface area contributed by atoms with Gasteiger partial charge in [-0.3, -0.25) is 4.79 Å². The summed E-state index contributed by atoms with van der Waals surface area (Å²) in [5, 5.41) is 8.96. The van der Waals surface area contributed by atoms with E-state index in [1.807, 2.05) is 12.1 Å². The lowest BCUT2D eigenvalue weighted by molar-refractivity contribution is -0.137. The highest BCUT2D eigenvalue weighted by Crippen LogP contribution is 2.39. The summed E-state index contributed by atoms with van der Waals surface area (Å²) in [5.74, 6) is 0.00441. The number of carbonyl (C=O) groups is 1. The molecule has 2 aliphatic heterocycles. The molecule has 0 radical (unpaired) electrons. The maximum atomic E-state index is 10.9. The molecule has 2 aliphatic rings. The summed E-state index contributed by atoms with van der Waals surface area (Å²) in [5.41, 5.74) is 19.0. The van der Waals surface area contributed by atoms with E-state index in [1.165, 1.54) is 16.7 Å². The first kappa shape index (κ1) is 38.3. The lowest BCUT2D eigenvalue weighted by atomic mass is 10.0. The molecular weight excluding hydrogens is 741 g/mol. The zero-order valence-electron chi connectivity index (χ0n) is 34.1. The zero-order valence-corrected chi connectivity index (χ0v) is 34.1. The van der Waals surface area contributed by atoms with Crippen LogP contribution in [0.2, 0.25) is 0 Å². The first-order chi connectivity index (χ1) is 29.3. The summed E-state index contributed by atoms with van der Waals surface area (Å²) < 4.78 is 6.08. The highest BCUT2D eigenvalue weighted by atomic mass is 16.5. The molecule has 0 amide bonds. The number of carboxylic acid groups (broad SMARTS) is 1. The predicted octanol–water partition coefficient (Wildman–Crippen LogP) is 13.3. The summed E-state index contributed by atoms with van der Waals surface area (Å²) in [4.78, 5) is 29.4. The van der Waals surface area contributed by atoms with Crippen molar-refractivity contribution in [2.45, 2.75) is 46.5 Å². The lowest BCUT2D eigenvalue weighted by Gasteiger charge is -2.09. The fraction of sp³-hybridized carbons (Fsp3) is 0.151. The van der Waals surface area contributed by atoms with E-state index in [0.717, 1.165) is 108 Å². The van der Waals surface area contributed by atoms with E-state index >= 15 is 0 Å². The number of hydrogen-bond donors (Lipinski definition) is 3. The molecule has 5 heterocycles. The third-order valence-electron chi connectivity index (χ3n) is 11.2. The Labute approximate surface area is 349 Å². The summed E-state index contributed by atoms with van der Waals surface area (Å²) in [6.45, 7) is 6.85. The predicted molar refractivity (Wildman–Crippen MR) is 246 cm³/mol. The van der Waals surface area contributed by atoms with Gasteiger partial charge < -0.3 is 19.8 Å². The van der Waals surface area contributed by atoms with Crippen molar-refractivity contribution < 1.29 is 14.6 Å². The van der Waals surface area contributed by atoms with Crippen molar-refractivity contribution in [3.05, 3.63) is 161 Å². The molecule has 0 fully saturated rings. The molecule has 0 atom stereocenters. The van der Waals surface area contributed by atoms with Gasteiger partial charge in [-0.05, 0) is 123 Å². The maximum Gasteiger partial charge on any atom is 0.303 e. The Kier molecular flexibility index (Phi) is 10.6. The SMILES string of the molecule is Cc1ccc(-c2c3nc(c(-c4ccc(C)cc4)c4ccc([nH]4)c(-c4ccc(OCCCCCC(=O)O)cc4)c4nc(c(-c5ccc(C)cc5)c5ccc2[nH]5)C=C4)C=C3)cc1. The van der Waals surface area contributed by atoms with Gasteiger partial charge in [-0.2, -0.15) is 0 Å². The number of aryl methyl sites for hydroxylation is 3. The van der Waals surface area contributed by atoms with Gasteiger partial charge in [-0.15, -0.1) is 0 Å². The number of nitrogens with zero attached hydrogens (tertiary/aromatic N) is 2. The first-order valence-corrected chi connectivity index (χ1v) is 20.6. The molecule has 0 saturated carbocycles. The molecule has 7 aromatic rings. The van der Waals surface area contributed by atoms with Gasteiger partial charge in [-0.25, -0.2) is 9.97 Å². The van der Waals surface area contributed by atoms with E-state index in [-0.39, 0.29) is 6.42 Å². The smallest absolute Gasteiger partial charge is 0.303 e. The quantitative estimate of drug-likeness (QED) is 0.113. The molecule has 0 spiro atoms. The standard InChI is InChI=1S/C53H46N4O3/c1-33-8-14-36(15-9-33)50-41-24-26-43(54-41)51(37-16-10-34(2)11-17-37)45-28-30-47(56-45)53(39-20-22-40(23-21-39)60-32-6-4-5-7-49(58)59)48-31-29-46(57-48)52(44-27-25-42(50)55-44)38-18-12-35(3)13-19-38/h8-31,54,57H,4-7,32H2,1-3H3,(H,58,59). The minimum absolute atomic E-state index is 0.184. The number of H-pyrrole nitrogens is 2. The van der Waals surface area contributed by atoms with Crippen LogP contribution < -0.4 is 4.74 Å². The van der Waals surface area contributed by atoms with Gasteiger partial charge >= 0.3 is 5.97 Å². The fourth-order valence-corrected chi connectivity index (χ4v) is 8.04. The van der Waals surface area contributed by atoms with Crippen LogP contribution in [0.25, 0.3) is 90.9 Å². The monoisotopic (exact) mass is 786 g/mol. The number of carboxylic acids is 1. The number of fused-ring (bicyclic) bond motifs is 8. The van der Waals surface area contributed by atoms with E-state index < -0.39 is 5.97 Å². The highest BCUT2D eigenvalue weighted by molar-refractivity contribution is 5.99. The number of nitrogens with one attached hydrogen (secondary N) is 2. The number of aromatic nitrogens is 4. The molecule has 0 saturated heterocycles. The second-order valence-corrected chi connectivity index (χ2v) is 15.7. The summed E-state index contributed by atoms with van der Waals surface area (Å²) in [7, 11) is 0. The molecule has 0 unspecified atom stereocenters. The molecule has 4 aromatic carbocycles. The second-order valence-electron chi connectivity index (χ2n) is 15.7. The number of ether oxygens (including phenoxy) is 1. The first-order valence-electron chi connectivity index (χ1n) is 20.6. The van der Waals surface area contributed by atoms with Crippen molar-refractivity contribution in [3.8, 4) is 50.3 Å². The molecule has 7 heteroatoms. The van der Waals surface area contributed by atoms with E-state index in [2.05, 4.69) is 164 Å². The summed E-state index contributed by atoms with van der Waals surface area (Å²) in [6.07, 6.45) is 10.9. The Morgan fingerprint density at radius 2 is 0.800 bits per heavy atom. The Morgan fingerprint density at radius 3 is 1.13 bits per heavy atom. The average molecular weight is 787 g/mol. The topological polar surface area (TPSA) is 104 Å². The van der Waals surface area contributed by atoms with Crippen LogP contribution in [0.15, 0.2) is 121 Å². The number of benzene rings is 4. The van der Waals surface area contributed by atoms with Crippen molar-refractivity contribution in [2.75, 3.05) is 6.61 Å². The van der Waals surface area contributed by atoms with Crippen molar-refractivity contribution in [1.29, 1.82) is 0 Å². The van der Waals surface area contributed by atoms with Crippen LogP contribution in [-0.4, -0.2) is 37.6 Å². The molecule has 3 aromatic heterocycles. The van der Waals surface area contributed by atoms with Crippen LogP contribution in [0, 0.1) is 20.8 Å². The Balaban J connectivity index is 1.30. The minimum atomic E-state index is -0.761. The van der Waals surface area contributed by atoms with Gasteiger partial charge in [0.25, 0.3) is 0 Å². The Bertz CT molecular complexity index is 2910. The molecule has 296 valence electrons. The summed E-state index contributed by atoms with van der Waals surface area (Å²) >= 11 is 0. The molecule has 7 nitrogen and oxygen atoms in total. The minimum Gasteiger partial charge on any atom is -0.494 e. The number of aromatic amines is 2. The van der Waals surface area contributed by atoms with Crippen LogP contribution in [-0.2, 0) is 4.79 Å². The summed E-state index contributed by atoms with van der Waals surface area (Å²) in [6, 6.07) is 42.7. The molecule has 9 rings (SSSR count). The number of rotatable bonds is 11. The van der Waals surface area contributed by atoms with Gasteiger partial charge in [0.2, 0.25) is 0 Å². The molecule has 3 N–H and O–H groups in total. The van der Waals surface area contributed by atoms with Crippen LogP contribution in [0.1, 0.15) is 65.1 Å². The third kappa shape index (κ3) is 7.94. The highest BCUT2D eigenvalue weighted by Gasteiger charge is 2.19. The lowest BCUT2D eigenvalue weighted by Crippen LogP contribution is -1.99. The number of unbranched alkanes of at least 4 members (excludes halogenated alkanes) is 2. The molecule has 60 heavy (non-hydrogen) atoms. The largest absolute Gasteiger partial charge is 0.494 e. The van der Waals surface area contributed by atoms with E-state index in [0.29, 0.717) is 13.0 Å². The number of hydrogen-bond acceptors (Lipinski definition) is 4. The Hall–Kier alpha value is -7.25. The molecule has 0 aliphatic carbocycles. The van der Waals surface area contributed by atoms with Crippen molar-refractivity contribution in [2.24, 2.45) is 0 Å². The van der Waals surface area contributed by atoms with Crippen molar-refractivity contribution >= 4 is 52.3 Å². The maximum absolute atomic E-state index is 10.9. The average Bonchev–Trinajstić information content (AvgIpc) is 4.10. The van der Waals surface area contributed by atoms with Gasteiger partial charge in [0, 0.05) is 50.7 Å². The van der Waals surface area contributed by atoms with Crippen LogP contribution in [0.4, 0.5) is 0 Å². The van der Waals surface area contributed by atoms with Gasteiger partial charge in [0.05, 0.1) is 29.4 Å². The normalized spacial score (nSPS) is 11.9. The van der Waals surface area contributed by atoms with Crippen LogP contribution in [0.5, 0.6) is 5.75 Å².